The molecule has 0 radical (unpaired) electrons. The highest BCUT2D eigenvalue weighted by Crippen LogP contribution is 2.31. The molecule has 0 fully saturated rings. The molecule has 9 heteroatoms. The normalized spacial score (nSPS) is 11.7. The molecule has 0 amide bonds. The van der Waals surface area contributed by atoms with Gasteiger partial charge in [0.05, 0.1) is 6.20 Å². The monoisotopic (exact) mass is 386 g/mol. The van der Waals surface area contributed by atoms with Crippen molar-refractivity contribution in [1.82, 2.24) is 19.8 Å². The molecular weight excluding hydrogens is 376 g/mol. The Labute approximate surface area is 155 Å². The number of benzene rings is 2. The Bertz CT molecular complexity index is 1170. The van der Waals surface area contributed by atoms with Crippen molar-refractivity contribution in [3.8, 4) is 22.4 Å². The van der Waals surface area contributed by atoms with Crippen molar-refractivity contribution in [3.05, 3.63) is 72.3 Å². The lowest BCUT2D eigenvalue weighted by atomic mass is 10.1. The van der Waals surface area contributed by atoms with Crippen LogP contribution < -0.4 is 0 Å². The topological polar surface area (TPSA) is 60.2 Å². The van der Waals surface area contributed by atoms with E-state index < -0.39 is 23.5 Å². The minimum atomic E-state index is -5.15. The highest BCUT2D eigenvalue weighted by molar-refractivity contribution is 6.03. The molecule has 0 spiro atoms. The molecule has 5 nitrogen and oxygen atoms in total. The third-order valence-corrected chi connectivity index (χ3v) is 4.10. The SMILES string of the molecule is O=C(c1nnc2c(-c3ccccc3)cnn2c1-c1ccc(F)cc1)C(F)(F)F. The number of halogens is 4. The van der Waals surface area contributed by atoms with Gasteiger partial charge < -0.3 is 0 Å². The standard InChI is InChI=1S/C19H10F4N4O/c20-13-8-6-12(7-9-13)16-15(17(28)19(21,22)23)25-26-18-14(10-24-27(16)18)11-4-2-1-3-5-11/h1-10H. The van der Waals surface area contributed by atoms with Gasteiger partial charge in [-0.25, -0.2) is 8.91 Å². The van der Waals surface area contributed by atoms with Crippen LogP contribution in [0.4, 0.5) is 17.6 Å². The molecular formula is C19H10F4N4O. The third kappa shape index (κ3) is 3.00. The second-order valence-electron chi connectivity index (χ2n) is 5.89. The highest BCUT2D eigenvalue weighted by Gasteiger charge is 2.43. The molecule has 0 N–H and O–H groups in total. The van der Waals surface area contributed by atoms with Gasteiger partial charge in [-0.2, -0.15) is 18.3 Å². The summed E-state index contributed by atoms with van der Waals surface area (Å²) in [4.78, 5) is 11.9. The number of carbonyl (C=O) groups excluding carboxylic acids is 1. The molecule has 2 aromatic heterocycles. The third-order valence-electron chi connectivity index (χ3n) is 4.10. The Morgan fingerprint density at radius 1 is 0.893 bits per heavy atom. The van der Waals surface area contributed by atoms with Crippen LogP contribution in [0, 0.1) is 5.82 Å². The van der Waals surface area contributed by atoms with E-state index in [1.165, 1.54) is 18.3 Å². The quantitative estimate of drug-likeness (QED) is 0.388. The number of hydrogen-bond acceptors (Lipinski definition) is 4. The van der Waals surface area contributed by atoms with Gasteiger partial charge in [0.2, 0.25) is 0 Å². The van der Waals surface area contributed by atoms with Crippen LogP contribution in [0.2, 0.25) is 0 Å². The fraction of sp³-hybridized carbons (Fsp3) is 0.0526. The molecule has 4 aromatic rings. The minimum absolute atomic E-state index is 0.150. The number of Topliss-reactive ketones (excluding diaryl/α,β-unsaturated/α-hetero) is 1. The molecule has 0 aliphatic rings. The molecule has 0 aliphatic carbocycles. The molecule has 0 saturated heterocycles. The average Bonchev–Trinajstić information content (AvgIpc) is 3.11. The van der Waals surface area contributed by atoms with E-state index in [1.807, 2.05) is 6.07 Å². The molecule has 4 rings (SSSR count). The predicted molar refractivity (Wildman–Crippen MR) is 92.0 cm³/mol. The lowest BCUT2D eigenvalue weighted by Crippen LogP contribution is -2.26. The van der Waals surface area contributed by atoms with Crippen molar-refractivity contribution in [2.45, 2.75) is 6.18 Å². The Morgan fingerprint density at radius 2 is 1.57 bits per heavy atom. The molecule has 2 heterocycles. The summed E-state index contributed by atoms with van der Waals surface area (Å²) in [5, 5.41) is 11.5. The van der Waals surface area contributed by atoms with E-state index in [9.17, 15) is 22.4 Å². The van der Waals surface area contributed by atoms with Crippen molar-refractivity contribution < 1.29 is 22.4 Å². The number of aromatic nitrogens is 4. The van der Waals surface area contributed by atoms with Crippen molar-refractivity contribution in [3.63, 3.8) is 0 Å². The lowest BCUT2D eigenvalue weighted by Gasteiger charge is -2.11. The van der Waals surface area contributed by atoms with Crippen molar-refractivity contribution in [2.24, 2.45) is 0 Å². The van der Waals surface area contributed by atoms with Gasteiger partial charge in [0.15, 0.2) is 11.3 Å². The van der Waals surface area contributed by atoms with E-state index in [-0.39, 0.29) is 16.9 Å². The van der Waals surface area contributed by atoms with Crippen LogP contribution >= 0.6 is 0 Å². The van der Waals surface area contributed by atoms with Crippen LogP contribution in [0.15, 0.2) is 60.8 Å². The van der Waals surface area contributed by atoms with Crippen LogP contribution in [0.1, 0.15) is 10.5 Å². The van der Waals surface area contributed by atoms with E-state index in [4.69, 9.17) is 0 Å². The van der Waals surface area contributed by atoms with Crippen LogP contribution in [-0.2, 0) is 0 Å². The Kier molecular flexibility index (Phi) is 4.14. The maximum absolute atomic E-state index is 13.3. The van der Waals surface area contributed by atoms with Gasteiger partial charge >= 0.3 is 6.18 Å². The fourth-order valence-electron chi connectivity index (χ4n) is 2.82. The summed E-state index contributed by atoms with van der Waals surface area (Å²) in [6, 6.07) is 13.6. The molecule has 0 atom stereocenters. The molecule has 28 heavy (non-hydrogen) atoms. The minimum Gasteiger partial charge on any atom is -0.282 e. The molecule has 0 aliphatic heterocycles. The fourth-order valence-corrected chi connectivity index (χ4v) is 2.82. The number of nitrogens with zero attached hydrogens (tertiary/aromatic N) is 4. The number of hydrogen-bond donors (Lipinski definition) is 0. The number of fused-ring (bicyclic) bond motifs is 1. The Balaban J connectivity index is 2.02. The number of rotatable bonds is 3. The summed E-state index contributed by atoms with van der Waals surface area (Å²) >= 11 is 0. The van der Waals surface area contributed by atoms with Crippen molar-refractivity contribution in [2.75, 3.05) is 0 Å². The van der Waals surface area contributed by atoms with Gasteiger partial charge in [-0.1, -0.05) is 30.3 Å². The summed E-state index contributed by atoms with van der Waals surface area (Å²) in [5.41, 5.74) is 0.457. The van der Waals surface area contributed by atoms with E-state index in [2.05, 4.69) is 15.3 Å². The number of alkyl halides is 3. The first-order chi connectivity index (χ1) is 13.4. The Hall–Kier alpha value is -3.62. The summed E-state index contributed by atoms with van der Waals surface area (Å²) in [6.07, 6.45) is -3.72. The van der Waals surface area contributed by atoms with E-state index in [0.717, 1.165) is 22.2 Å². The van der Waals surface area contributed by atoms with Gasteiger partial charge in [0.25, 0.3) is 5.78 Å². The molecule has 0 saturated carbocycles. The largest absolute Gasteiger partial charge is 0.456 e. The predicted octanol–water partition coefficient (Wildman–Crippen LogP) is 4.34. The lowest BCUT2D eigenvalue weighted by molar-refractivity contribution is -0.0888. The maximum Gasteiger partial charge on any atom is 0.456 e. The molecule has 0 unspecified atom stereocenters. The van der Waals surface area contributed by atoms with Crippen LogP contribution in [0.3, 0.4) is 0 Å². The van der Waals surface area contributed by atoms with Gasteiger partial charge in [0.1, 0.15) is 11.5 Å². The second-order valence-corrected chi connectivity index (χ2v) is 5.89. The first-order valence-electron chi connectivity index (χ1n) is 8.03. The zero-order valence-electron chi connectivity index (χ0n) is 14.0. The molecule has 2 aromatic carbocycles. The smallest absolute Gasteiger partial charge is 0.282 e. The van der Waals surface area contributed by atoms with Crippen LogP contribution in [0.25, 0.3) is 28.0 Å². The van der Waals surface area contributed by atoms with Gasteiger partial charge in [-0.15, -0.1) is 10.2 Å². The van der Waals surface area contributed by atoms with Gasteiger partial charge in [-0.05, 0) is 29.8 Å². The number of ketones is 1. The highest BCUT2D eigenvalue weighted by atomic mass is 19.4. The zero-order chi connectivity index (χ0) is 19.9. The summed E-state index contributed by atoms with van der Waals surface area (Å²) in [5.74, 6) is -2.73. The van der Waals surface area contributed by atoms with E-state index >= 15 is 0 Å². The van der Waals surface area contributed by atoms with Gasteiger partial charge in [0, 0.05) is 11.1 Å². The first kappa shape index (κ1) is 17.8. The summed E-state index contributed by atoms with van der Waals surface area (Å²) < 4.78 is 53.6. The zero-order valence-corrected chi connectivity index (χ0v) is 14.0. The number of carbonyl (C=O) groups is 1. The first-order valence-corrected chi connectivity index (χ1v) is 8.03. The molecule has 140 valence electrons. The van der Waals surface area contributed by atoms with Crippen molar-refractivity contribution in [1.29, 1.82) is 0 Å². The van der Waals surface area contributed by atoms with Crippen LogP contribution in [-0.4, -0.2) is 31.8 Å². The second kappa shape index (κ2) is 6.52. The van der Waals surface area contributed by atoms with Gasteiger partial charge in [-0.3, -0.25) is 4.79 Å². The average molecular weight is 386 g/mol. The molecule has 0 bridgehead atoms. The maximum atomic E-state index is 13.3. The summed E-state index contributed by atoms with van der Waals surface area (Å²) in [6.45, 7) is 0. The van der Waals surface area contributed by atoms with Crippen LogP contribution in [0.5, 0.6) is 0 Å². The van der Waals surface area contributed by atoms with E-state index in [0.29, 0.717) is 5.56 Å². The Morgan fingerprint density at radius 3 is 2.21 bits per heavy atom. The van der Waals surface area contributed by atoms with E-state index in [1.54, 1.807) is 24.3 Å². The van der Waals surface area contributed by atoms with Crippen molar-refractivity contribution >= 4 is 11.4 Å². The summed E-state index contributed by atoms with van der Waals surface area (Å²) in [7, 11) is 0.